The summed E-state index contributed by atoms with van der Waals surface area (Å²) in [5.41, 5.74) is 0.239. The fourth-order valence-electron chi connectivity index (χ4n) is 2.22. The van der Waals surface area contributed by atoms with E-state index in [2.05, 4.69) is 10.2 Å². The molecule has 2 rings (SSSR count). The zero-order valence-electron chi connectivity index (χ0n) is 15.0. The van der Waals surface area contributed by atoms with Gasteiger partial charge in [0.15, 0.2) is 5.75 Å². The summed E-state index contributed by atoms with van der Waals surface area (Å²) >= 11 is 13.5. The Morgan fingerprint density at radius 2 is 1.78 bits per heavy atom. The molecule has 148 valence electrons. The summed E-state index contributed by atoms with van der Waals surface area (Å²) in [6.07, 6.45) is 1.90. The first kappa shape index (κ1) is 22.0. The topological polar surface area (TPSA) is 81.6 Å². The number of methoxy groups -OCH3 is 2. The molecule has 1 heterocycles. The van der Waals surface area contributed by atoms with E-state index in [1.54, 1.807) is 13.2 Å². The number of nitrogens with zero attached hydrogens (tertiary/aromatic N) is 3. The predicted octanol–water partition coefficient (Wildman–Crippen LogP) is 4.02. The van der Waals surface area contributed by atoms with Crippen molar-refractivity contribution in [3.8, 4) is 5.75 Å². The van der Waals surface area contributed by atoms with Gasteiger partial charge >= 0.3 is 0 Å². The first-order valence-electron chi connectivity index (χ1n) is 7.76. The number of hydrogen-bond acceptors (Lipinski definition) is 7. The Morgan fingerprint density at radius 1 is 1.11 bits per heavy atom. The van der Waals surface area contributed by atoms with Crippen LogP contribution in [0.5, 0.6) is 5.75 Å². The second-order valence-electron chi connectivity index (χ2n) is 5.42. The van der Waals surface area contributed by atoms with E-state index < -0.39 is 10.0 Å². The van der Waals surface area contributed by atoms with Crippen molar-refractivity contribution in [3.05, 3.63) is 34.3 Å². The number of ether oxygens (including phenoxy) is 2. The second kappa shape index (κ2) is 9.79. The molecule has 0 aliphatic carbocycles. The molecule has 0 fully saturated rings. The predicted molar refractivity (Wildman–Crippen MR) is 109 cm³/mol. The molecule has 0 aliphatic heterocycles. The fourth-order valence-corrected chi connectivity index (χ4v) is 4.42. The summed E-state index contributed by atoms with van der Waals surface area (Å²) in [5.74, 6) is 1.07. The van der Waals surface area contributed by atoms with E-state index in [0.29, 0.717) is 21.7 Å². The van der Waals surface area contributed by atoms with Gasteiger partial charge in [-0.15, -0.1) is 22.0 Å². The zero-order valence-corrected chi connectivity index (χ0v) is 18.1. The minimum atomic E-state index is -3.76. The van der Waals surface area contributed by atoms with Crippen LogP contribution < -0.4 is 9.04 Å². The van der Waals surface area contributed by atoms with Gasteiger partial charge in [-0.3, -0.25) is 0 Å². The molecule has 0 amide bonds. The van der Waals surface area contributed by atoms with Gasteiger partial charge in [0, 0.05) is 35.6 Å². The largest absolute Gasteiger partial charge is 0.493 e. The van der Waals surface area contributed by atoms with Crippen LogP contribution in [0.15, 0.2) is 29.3 Å². The molecular formula is C16H19Cl2N3O4S2. The maximum Gasteiger partial charge on any atom is 0.237 e. The van der Waals surface area contributed by atoms with Gasteiger partial charge in [0.1, 0.15) is 5.03 Å². The first-order valence-corrected chi connectivity index (χ1v) is 11.3. The molecule has 0 unspecified atom stereocenters. The van der Waals surface area contributed by atoms with E-state index in [1.807, 2.05) is 0 Å². The molecule has 1 aromatic heterocycles. The van der Waals surface area contributed by atoms with E-state index in [-0.39, 0.29) is 17.3 Å². The van der Waals surface area contributed by atoms with E-state index in [4.69, 9.17) is 32.7 Å². The molecule has 0 atom stereocenters. The number of aromatic nitrogens is 2. The summed E-state index contributed by atoms with van der Waals surface area (Å²) < 4.78 is 36.3. The van der Waals surface area contributed by atoms with Crippen molar-refractivity contribution >= 4 is 56.5 Å². The zero-order chi connectivity index (χ0) is 20.0. The van der Waals surface area contributed by atoms with E-state index >= 15 is 0 Å². The summed E-state index contributed by atoms with van der Waals surface area (Å²) in [6, 6.07) is 6.10. The summed E-state index contributed by atoms with van der Waals surface area (Å²) in [4.78, 5) is 0. The average molecular weight is 452 g/mol. The Balaban J connectivity index is 2.44. The third kappa shape index (κ3) is 6.11. The van der Waals surface area contributed by atoms with Crippen molar-refractivity contribution in [1.29, 1.82) is 0 Å². The Hall–Kier alpha value is -1.26. The van der Waals surface area contributed by atoms with Gasteiger partial charge in [-0.25, -0.2) is 12.7 Å². The molecule has 7 nitrogen and oxygen atoms in total. The average Bonchev–Trinajstić information content (AvgIpc) is 2.57. The smallest absolute Gasteiger partial charge is 0.237 e. The van der Waals surface area contributed by atoms with Gasteiger partial charge in [0.25, 0.3) is 0 Å². The van der Waals surface area contributed by atoms with E-state index in [0.717, 1.165) is 22.7 Å². The molecule has 0 saturated carbocycles. The summed E-state index contributed by atoms with van der Waals surface area (Å²) in [6.45, 7) is 0.646. The lowest BCUT2D eigenvalue weighted by molar-refractivity contribution is 0.200. The normalized spacial score (nSPS) is 11.4. The van der Waals surface area contributed by atoms with Crippen LogP contribution >= 0.6 is 35.0 Å². The molecule has 0 N–H and O–H groups in total. The Kier molecular flexibility index (Phi) is 7.99. The quantitative estimate of drug-likeness (QED) is 0.420. The van der Waals surface area contributed by atoms with E-state index in [1.165, 1.54) is 37.1 Å². The highest BCUT2D eigenvalue weighted by Gasteiger charge is 2.26. The van der Waals surface area contributed by atoms with Gasteiger partial charge in [0.2, 0.25) is 15.8 Å². The third-order valence-electron chi connectivity index (χ3n) is 3.29. The minimum Gasteiger partial charge on any atom is -0.493 e. The number of benzene rings is 1. The number of hydrogen-bond donors (Lipinski definition) is 0. The van der Waals surface area contributed by atoms with Crippen LogP contribution in [0.2, 0.25) is 10.0 Å². The van der Waals surface area contributed by atoms with Crippen molar-refractivity contribution in [2.75, 3.05) is 37.1 Å². The van der Waals surface area contributed by atoms with Crippen molar-refractivity contribution in [2.24, 2.45) is 0 Å². The highest BCUT2D eigenvalue weighted by atomic mass is 35.5. The Bertz CT molecular complexity index is 877. The molecule has 27 heavy (non-hydrogen) atoms. The maximum atomic E-state index is 12.4. The molecule has 1 aromatic carbocycles. The lowest BCUT2D eigenvalue weighted by Crippen LogP contribution is -2.26. The van der Waals surface area contributed by atoms with Crippen LogP contribution in [-0.2, 0) is 14.8 Å². The molecule has 0 radical (unpaired) electrons. The van der Waals surface area contributed by atoms with Crippen LogP contribution in [0.25, 0.3) is 0 Å². The molecular weight excluding hydrogens is 433 g/mol. The standard InChI is InChI=1S/C16H19Cl2N3O4S2/c1-24-5-4-6-26-15-10-14(25-2)16(20-19-15)21(27(3,22)23)13-8-11(17)7-12(18)9-13/h7-10H,4-6H2,1-3H3. The fraction of sp³-hybridized carbons (Fsp3) is 0.375. The molecule has 0 spiro atoms. The number of thioether (sulfide) groups is 1. The second-order valence-corrected chi connectivity index (χ2v) is 9.24. The number of rotatable bonds is 9. The van der Waals surface area contributed by atoms with Crippen molar-refractivity contribution in [3.63, 3.8) is 0 Å². The molecule has 0 saturated heterocycles. The molecule has 11 heteroatoms. The number of anilines is 2. The first-order chi connectivity index (χ1) is 12.8. The molecule has 2 aromatic rings. The van der Waals surface area contributed by atoms with Gasteiger partial charge in [-0.2, -0.15) is 0 Å². The van der Waals surface area contributed by atoms with E-state index in [9.17, 15) is 8.42 Å². The lowest BCUT2D eigenvalue weighted by Gasteiger charge is -2.23. The molecule has 0 aliphatic rings. The monoisotopic (exact) mass is 451 g/mol. The SMILES string of the molecule is COCCCSc1cc(OC)c(N(c2cc(Cl)cc(Cl)c2)S(C)(=O)=O)nn1. The van der Waals surface area contributed by atoms with Crippen LogP contribution in [0.1, 0.15) is 6.42 Å². The highest BCUT2D eigenvalue weighted by Crippen LogP contribution is 2.37. The number of sulfonamides is 1. The maximum absolute atomic E-state index is 12.4. The highest BCUT2D eigenvalue weighted by molar-refractivity contribution is 7.99. The van der Waals surface area contributed by atoms with Gasteiger partial charge in [-0.1, -0.05) is 23.2 Å². The minimum absolute atomic E-state index is 0.0274. The third-order valence-corrected chi connectivity index (χ3v) is 5.76. The van der Waals surface area contributed by atoms with Crippen LogP contribution in [0, 0.1) is 0 Å². The van der Waals surface area contributed by atoms with Crippen molar-refractivity contribution in [1.82, 2.24) is 10.2 Å². The van der Waals surface area contributed by atoms with Crippen molar-refractivity contribution < 1.29 is 17.9 Å². The van der Waals surface area contributed by atoms with Gasteiger partial charge in [0.05, 0.1) is 19.1 Å². The lowest BCUT2D eigenvalue weighted by atomic mass is 10.3. The van der Waals surface area contributed by atoms with Gasteiger partial charge < -0.3 is 9.47 Å². The summed E-state index contributed by atoms with van der Waals surface area (Å²) in [5, 5.41) is 9.40. The number of halogens is 2. The molecule has 0 bridgehead atoms. The van der Waals surface area contributed by atoms with Crippen molar-refractivity contribution in [2.45, 2.75) is 11.4 Å². The Labute approximate surface area is 173 Å². The van der Waals surface area contributed by atoms with Crippen LogP contribution in [0.3, 0.4) is 0 Å². The Morgan fingerprint density at radius 3 is 2.33 bits per heavy atom. The summed E-state index contributed by atoms with van der Waals surface area (Å²) in [7, 11) is -0.685. The van der Waals surface area contributed by atoms with Gasteiger partial charge in [-0.05, 0) is 24.6 Å². The van der Waals surface area contributed by atoms with Crippen LogP contribution in [0.4, 0.5) is 11.5 Å². The van der Waals surface area contributed by atoms with Crippen LogP contribution in [-0.4, -0.2) is 51.5 Å².